The largest absolute Gasteiger partial charge is 0.503 e. The molecule has 21 heavy (non-hydrogen) atoms. The number of benzene rings is 1. The van der Waals surface area contributed by atoms with E-state index < -0.39 is 0 Å². The molecule has 0 atom stereocenters. The average Bonchev–Trinajstić information content (AvgIpc) is 2.94. The second-order valence-electron chi connectivity index (χ2n) is 3.76. The Bertz CT molecular complexity index is 589. The van der Waals surface area contributed by atoms with Crippen LogP contribution >= 0.6 is 0 Å². The molecule has 5 heteroatoms. The summed E-state index contributed by atoms with van der Waals surface area (Å²) < 4.78 is 5.16. The lowest BCUT2D eigenvalue weighted by molar-refractivity contribution is 0.101. The zero-order chi connectivity index (χ0) is 16.6. The number of carbonyl (C=O) groups is 1. The molecule has 1 aromatic heterocycles. The first kappa shape index (κ1) is 18.8. The first-order chi connectivity index (χ1) is 10.1. The van der Waals surface area contributed by atoms with Crippen LogP contribution in [-0.4, -0.2) is 30.0 Å². The van der Waals surface area contributed by atoms with Crippen molar-refractivity contribution in [2.45, 2.75) is 34.6 Å². The van der Waals surface area contributed by atoms with Crippen molar-refractivity contribution in [3.63, 3.8) is 0 Å². The van der Waals surface area contributed by atoms with Gasteiger partial charge in [-0.1, -0.05) is 27.7 Å². The van der Waals surface area contributed by atoms with Crippen LogP contribution in [0, 0.1) is 0 Å². The highest BCUT2D eigenvalue weighted by atomic mass is 16.5. The number of rotatable bonds is 3. The highest BCUT2D eigenvalue weighted by Crippen LogP contribution is 2.40. The molecule has 0 bridgehead atoms. The maximum atomic E-state index is 11.3. The second kappa shape index (κ2) is 8.89. The summed E-state index contributed by atoms with van der Waals surface area (Å²) in [5.74, 6) is 0.299. The number of nitrogens with one attached hydrogen (secondary N) is 2. The number of aromatic hydroxyl groups is 1. The summed E-state index contributed by atoms with van der Waals surface area (Å²) in [4.78, 5) is 14.2. The highest BCUT2D eigenvalue weighted by Gasteiger charge is 2.16. The minimum absolute atomic E-state index is 0.0273. The number of ether oxygens (including phenoxy) is 1. The van der Waals surface area contributed by atoms with E-state index in [4.69, 9.17) is 4.74 Å². The summed E-state index contributed by atoms with van der Waals surface area (Å²) in [6.45, 7) is 9.48. The number of hydrogen-bond donors (Lipinski definition) is 3. The molecular weight excluding hydrogens is 268 g/mol. The van der Waals surface area contributed by atoms with E-state index in [1.54, 1.807) is 19.2 Å². The van der Waals surface area contributed by atoms with Crippen molar-refractivity contribution in [2.24, 2.45) is 0 Å². The van der Waals surface area contributed by atoms with Gasteiger partial charge in [0.2, 0.25) is 0 Å². The Morgan fingerprint density at radius 2 is 1.81 bits per heavy atom. The molecule has 0 aliphatic rings. The minimum atomic E-state index is -0.0613. The van der Waals surface area contributed by atoms with Gasteiger partial charge >= 0.3 is 0 Å². The van der Waals surface area contributed by atoms with E-state index in [-0.39, 0.29) is 11.5 Å². The van der Waals surface area contributed by atoms with Gasteiger partial charge in [0.25, 0.3) is 0 Å². The molecule has 2 aromatic rings. The number of ketones is 1. The van der Waals surface area contributed by atoms with Crippen molar-refractivity contribution in [2.75, 3.05) is 19.5 Å². The molecule has 0 amide bonds. The number of carbonyl (C=O) groups excluding carboxylic acids is 1. The van der Waals surface area contributed by atoms with E-state index in [0.29, 0.717) is 22.6 Å². The molecule has 5 nitrogen and oxygen atoms in total. The first-order valence-electron chi connectivity index (χ1n) is 7.19. The van der Waals surface area contributed by atoms with Gasteiger partial charge in [-0.3, -0.25) is 4.79 Å². The van der Waals surface area contributed by atoms with Crippen LogP contribution < -0.4 is 10.1 Å². The number of fused-ring (bicyclic) bond motifs is 1. The number of aromatic amines is 1. The Balaban J connectivity index is 0.000000921. The maximum Gasteiger partial charge on any atom is 0.186 e. The Hall–Kier alpha value is -2.17. The number of H-pyrrole nitrogens is 1. The number of Topliss-reactive ketones (excluding diaryl/α,β-unsaturated/α-hetero) is 1. The Kier molecular flexibility index (Phi) is 7.97. The third kappa shape index (κ3) is 3.90. The van der Waals surface area contributed by atoms with Gasteiger partial charge in [-0.15, -0.1) is 0 Å². The number of anilines is 1. The van der Waals surface area contributed by atoms with E-state index in [0.717, 1.165) is 5.39 Å². The lowest BCUT2D eigenvalue weighted by Gasteiger charge is -2.09. The van der Waals surface area contributed by atoms with Crippen molar-refractivity contribution < 1.29 is 14.6 Å². The van der Waals surface area contributed by atoms with Gasteiger partial charge in [-0.2, -0.15) is 0 Å². The normalized spacial score (nSPS) is 9.10. The van der Waals surface area contributed by atoms with Crippen LogP contribution in [0.2, 0.25) is 0 Å². The SMILES string of the molecule is CC.CC.CNc1cc2cc(C(C)=O)[nH]c2c(OC)c1O. The Morgan fingerprint density at radius 3 is 2.24 bits per heavy atom. The molecule has 0 spiro atoms. The van der Waals surface area contributed by atoms with Crippen molar-refractivity contribution >= 4 is 22.4 Å². The van der Waals surface area contributed by atoms with Crippen LogP contribution in [0.1, 0.15) is 45.1 Å². The minimum Gasteiger partial charge on any atom is -0.503 e. The number of methoxy groups -OCH3 is 1. The fourth-order valence-corrected chi connectivity index (χ4v) is 1.82. The van der Waals surface area contributed by atoms with Gasteiger partial charge < -0.3 is 20.1 Å². The molecule has 1 heterocycles. The third-order valence-electron chi connectivity index (χ3n) is 2.70. The predicted octanol–water partition coefficient (Wildman–Crippen LogP) is 4.18. The van der Waals surface area contributed by atoms with Crippen molar-refractivity contribution in [1.29, 1.82) is 0 Å². The molecule has 2 rings (SSSR count). The molecule has 0 radical (unpaired) electrons. The van der Waals surface area contributed by atoms with Gasteiger partial charge in [0, 0.05) is 19.4 Å². The quantitative estimate of drug-likeness (QED) is 0.586. The summed E-state index contributed by atoms with van der Waals surface area (Å²) in [5, 5.41) is 13.6. The molecule has 0 saturated heterocycles. The fraction of sp³-hybridized carbons (Fsp3) is 0.438. The van der Waals surface area contributed by atoms with Gasteiger partial charge in [0.15, 0.2) is 17.3 Å². The van der Waals surface area contributed by atoms with Gasteiger partial charge in [0.1, 0.15) is 0 Å². The van der Waals surface area contributed by atoms with E-state index in [1.807, 2.05) is 27.7 Å². The van der Waals surface area contributed by atoms with Crippen LogP contribution in [0.25, 0.3) is 10.9 Å². The number of phenolic OH excluding ortho intramolecular Hbond substituents is 1. The summed E-state index contributed by atoms with van der Waals surface area (Å²) in [6.07, 6.45) is 0. The van der Waals surface area contributed by atoms with E-state index >= 15 is 0 Å². The highest BCUT2D eigenvalue weighted by molar-refractivity contribution is 6.01. The molecular formula is C16H26N2O3. The Morgan fingerprint density at radius 1 is 1.24 bits per heavy atom. The summed E-state index contributed by atoms with van der Waals surface area (Å²) in [7, 11) is 3.18. The number of hydrogen-bond acceptors (Lipinski definition) is 4. The topological polar surface area (TPSA) is 74.4 Å². The van der Waals surface area contributed by atoms with Crippen molar-refractivity contribution in [1.82, 2.24) is 4.98 Å². The molecule has 0 aliphatic heterocycles. The zero-order valence-electron chi connectivity index (χ0n) is 13.9. The van der Waals surface area contributed by atoms with Crippen molar-refractivity contribution in [3.05, 3.63) is 17.8 Å². The Labute approximate surface area is 126 Å². The van der Waals surface area contributed by atoms with Crippen LogP contribution in [0.4, 0.5) is 5.69 Å². The smallest absolute Gasteiger partial charge is 0.186 e. The predicted molar refractivity (Wildman–Crippen MR) is 88.8 cm³/mol. The number of phenols is 1. The zero-order valence-corrected chi connectivity index (χ0v) is 13.9. The van der Waals surface area contributed by atoms with E-state index in [1.165, 1.54) is 14.0 Å². The maximum absolute atomic E-state index is 11.3. The lowest BCUT2D eigenvalue weighted by Crippen LogP contribution is -1.93. The molecule has 0 fully saturated rings. The first-order valence-corrected chi connectivity index (χ1v) is 7.19. The summed E-state index contributed by atoms with van der Waals surface area (Å²) in [5.41, 5.74) is 1.67. The molecule has 118 valence electrons. The molecule has 0 saturated carbocycles. The molecule has 1 aromatic carbocycles. The molecule has 0 unspecified atom stereocenters. The van der Waals surface area contributed by atoms with Crippen molar-refractivity contribution in [3.8, 4) is 11.5 Å². The van der Waals surface area contributed by atoms with Gasteiger partial charge in [-0.25, -0.2) is 0 Å². The second-order valence-corrected chi connectivity index (χ2v) is 3.76. The summed E-state index contributed by atoms with van der Waals surface area (Å²) in [6, 6.07) is 3.50. The van der Waals surface area contributed by atoms with E-state index in [9.17, 15) is 9.90 Å². The van der Waals surface area contributed by atoms with Crippen LogP contribution in [-0.2, 0) is 0 Å². The molecule has 0 aliphatic carbocycles. The fourth-order valence-electron chi connectivity index (χ4n) is 1.82. The van der Waals surface area contributed by atoms with Gasteiger partial charge in [-0.05, 0) is 12.1 Å². The van der Waals surface area contributed by atoms with Crippen LogP contribution in [0.15, 0.2) is 12.1 Å². The average molecular weight is 294 g/mol. The monoisotopic (exact) mass is 294 g/mol. The third-order valence-corrected chi connectivity index (χ3v) is 2.70. The number of aromatic nitrogens is 1. The van der Waals surface area contributed by atoms with Gasteiger partial charge in [0.05, 0.1) is 24.0 Å². The lowest BCUT2D eigenvalue weighted by atomic mass is 10.2. The summed E-state index contributed by atoms with van der Waals surface area (Å²) >= 11 is 0. The van der Waals surface area contributed by atoms with Crippen LogP contribution in [0.5, 0.6) is 11.5 Å². The van der Waals surface area contributed by atoms with E-state index in [2.05, 4.69) is 10.3 Å². The standard InChI is InChI=1S/C12H14N2O3.2C2H6/c1-6(15)8-4-7-5-9(13-2)11(16)12(17-3)10(7)14-8;2*1-2/h4-5,13-14,16H,1-3H3;2*1-2H3. The van der Waals surface area contributed by atoms with Crippen LogP contribution in [0.3, 0.4) is 0 Å². The molecule has 3 N–H and O–H groups in total.